The second-order valence-electron chi connectivity index (χ2n) is 6.47. The largest absolute Gasteiger partial charge is 0.493 e. The van der Waals surface area contributed by atoms with Gasteiger partial charge in [0.15, 0.2) is 11.5 Å². The third-order valence-electron chi connectivity index (χ3n) is 4.98. The van der Waals surface area contributed by atoms with Gasteiger partial charge in [0.2, 0.25) is 0 Å². The number of aromatic nitrogens is 2. The zero-order valence-electron chi connectivity index (χ0n) is 15.1. The van der Waals surface area contributed by atoms with Crippen LogP contribution in [0.25, 0.3) is 38.4 Å². The lowest BCUT2D eigenvalue weighted by molar-refractivity contribution is 0.356. The molecule has 0 amide bonds. The molecular formula is C23H18N2O2. The van der Waals surface area contributed by atoms with Gasteiger partial charge >= 0.3 is 0 Å². The fourth-order valence-electron chi connectivity index (χ4n) is 3.71. The Balaban J connectivity index is 2.00. The quantitative estimate of drug-likeness (QED) is 0.440. The molecule has 0 aliphatic heterocycles. The van der Waals surface area contributed by atoms with Crippen LogP contribution in [0, 0.1) is 0 Å². The lowest BCUT2D eigenvalue weighted by Gasteiger charge is -2.13. The van der Waals surface area contributed by atoms with Crippen LogP contribution >= 0.6 is 0 Å². The number of nitrogens with zero attached hydrogens (tertiary/aromatic N) is 2. The number of hydrogen-bond donors (Lipinski definition) is 0. The van der Waals surface area contributed by atoms with E-state index in [1.165, 1.54) is 0 Å². The highest BCUT2D eigenvalue weighted by Crippen LogP contribution is 2.38. The molecule has 0 unspecified atom stereocenters. The van der Waals surface area contributed by atoms with Crippen LogP contribution in [0.5, 0.6) is 11.5 Å². The third kappa shape index (κ3) is 2.34. The van der Waals surface area contributed by atoms with E-state index in [0.717, 1.165) is 44.2 Å². The Bertz CT molecular complexity index is 1290. The minimum Gasteiger partial charge on any atom is -0.493 e. The molecular weight excluding hydrogens is 336 g/mol. The summed E-state index contributed by atoms with van der Waals surface area (Å²) in [5, 5.41) is 8.17. The predicted molar refractivity (Wildman–Crippen MR) is 109 cm³/mol. The molecule has 0 aliphatic carbocycles. The van der Waals surface area contributed by atoms with Gasteiger partial charge in [0, 0.05) is 16.3 Å². The van der Waals surface area contributed by atoms with Crippen molar-refractivity contribution in [2.45, 2.75) is 0 Å². The summed E-state index contributed by atoms with van der Waals surface area (Å²) in [6, 6.07) is 24.8. The maximum absolute atomic E-state index is 5.54. The minimum absolute atomic E-state index is 0.713. The van der Waals surface area contributed by atoms with Crippen LogP contribution < -0.4 is 9.47 Å². The van der Waals surface area contributed by atoms with Crippen LogP contribution in [-0.4, -0.2) is 23.8 Å². The summed E-state index contributed by atoms with van der Waals surface area (Å²) in [4.78, 5) is 0. The summed E-state index contributed by atoms with van der Waals surface area (Å²) in [5.41, 5.74) is 4.20. The number of rotatable bonds is 3. The number of ether oxygens (including phenoxy) is 2. The van der Waals surface area contributed by atoms with Crippen LogP contribution in [-0.2, 0) is 0 Å². The van der Waals surface area contributed by atoms with E-state index in [1.807, 2.05) is 53.0 Å². The molecule has 0 bridgehead atoms. The van der Waals surface area contributed by atoms with Crippen molar-refractivity contribution in [1.29, 1.82) is 0 Å². The molecule has 0 aliphatic rings. The van der Waals surface area contributed by atoms with Gasteiger partial charge in [-0.25, -0.2) is 4.52 Å². The highest BCUT2D eigenvalue weighted by molar-refractivity contribution is 6.11. The van der Waals surface area contributed by atoms with Crippen LogP contribution in [0.4, 0.5) is 0 Å². The summed E-state index contributed by atoms with van der Waals surface area (Å²) >= 11 is 0. The molecule has 0 saturated carbocycles. The average Bonchev–Trinajstić information content (AvgIpc) is 3.12. The molecule has 0 radical (unpaired) electrons. The van der Waals surface area contributed by atoms with E-state index in [9.17, 15) is 0 Å². The maximum Gasteiger partial charge on any atom is 0.161 e. The molecule has 0 N–H and O–H groups in total. The van der Waals surface area contributed by atoms with E-state index in [4.69, 9.17) is 14.6 Å². The van der Waals surface area contributed by atoms with Gasteiger partial charge in [-0.2, -0.15) is 5.10 Å². The SMILES string of the molecule is COc1cc2cc(-c3ccccc3)n3nc4ccccc4c3c2cc1OC. The van der Waals surface area contributed by atoms with E-state index in [-0.39, 0.29) is 0 Å². The molecule has 4 nitrogen and oxygen atoms in total. The molecule has 0 spiro atoms. The lowest BCUT2D eigenvalue weighted by Crippen LogP contribution is -1.97. The van der Waals surface area contributed by atoms with Crippen molar-refractivity contribution < 1.29 is 9.47 Å². The van der Waals surface area contributed by atoms with Crippen LogP contribution in [0.2, 0.25) is 0 Å². The average molecular weight is 354 g/mol. The smallest absolute Gasteiger partial charge is 0.161 e. The first kappa shape index (κ1) is 15.7. The summed E-state index contributed by atoms with van der Waals surface area (Å²) in [6.07, 6.45) is 0. The number of methoxy groups -OCH3 is 2. The van der Waals surface area contributed by atoms with Crippen LogP contribution in [0.15, 0.2) is 72.8 Å². The summed E-state index contributed by atoms with van der Waals surface area (Å²) < 4.78 is 13.1. The van der Waals surface area contributed by atoms with Crippen molar-refractivity contribution in [1.82, 2.24) is 9.61 Å². The Hall–Kier alpha value is -3.53. The molecule has 0 atom stereocenters. The Labute approximate surface area is 156 Å². The molecule has 132 valence electrons. The highest BCUT2D eigenvalue weighted by atomic mass is 16.5. The minimum atomic E-state index is 0.713. The van der Waals surface area contributed by atoms with Gasteiger partial charge in [-0.05, 0) is 29.7 Å². The molecule has 0 fully saturated rings. The van der Waals surface area contributed by atoms with E-state index in [2.05, 4.69) is 24.3 Å². The van der Waals surface area contributed by atoms with Gasteiger partial charge in [0.1, 0.15) is 0 Å². The summed E-state index contributed by atoms with van der Waals surface area (Å²) in [7, 11) is 3.32. The predicted octanol–water partition coefficient (Wildman–Crippen LogP) is 5.32. The van der Waals surface area contributed by atoms with Crippen molar-refractivity contribution in [3.05, 3.63) is 72.8 Å². The van der Waals surface area contributed by atoms with Crippen LogP contribution in [0.1, 0.15) is 0 Å². The van der Waals surface area contributed by atoms with Crippen molar-refractivity contribution in [2.24, 2.45) is 0 Å². The summed E-state index contributed by atoms with van der Waals surface area (Å²) in [6.45, 7) is 0. The van der Waals surface area contributed by atoms with Crippen LogP contribution in [0.3, 0.4) is 0 Å². The Kier molecular flexibility index (Phi) is 3.50. The van der Waals surface area contributed by atoms with E-state index in [1.54, 1.807) is 14.2 Å². The van der Waals surface area contributed by atoms with E-state index in [0.29, 0.717) is 5.75 Å². The summed E-state index contributed by atoms with van der Waals surface area (Å²) in [5.74, 6) is 1.43. The molecule has 0 saturated heterocycles. The van der Waals surface area contributed by atoms with Crippen molar-refractivity contribution in [2.75, 3.05) is 14.2 Å². The number of fused-ring (bicyclic) bond motifs is 5. The first-order valence-corrected chi connectivity index (χ1v) is 8.82. The topological polar surface area (TPSA) is 35.8 Å². The molecule has 5 rings (SSSR count). The fourth-order valence-corrected chi connectivity index (χ4v) is 3.71. The lowest BCUT2D eigenvalue weighted by atomic mass is 10.0. The number of pyridine rings is 1. The fraction of sp³-hybridized carbons (Fsp3) is 0.0870. The maximum atomic E-state index is 5.54. The zero-order chi connectivity index (χ0) is 18.4. The molecule has 5 aromatic rings. The van der Waals surface area contributed by atoms with Gasteiger partial charge in [0.05, 0.1) is 30.9 Å². The van der Waals surface area contributed by atoms with E-state index >= 15 is 0 Å². The monoisotopic (exact) mass is 354 g/mol. The second-order valence-corrected chi connectivity index (χ2v) is 6.47. The standard InChI is InChI=1S/C23H18N2O2/c1-26-21-13-16-12-20(15-8-4-3-5-9-15)25-23(18(16)14-22(21)27-2)17-10-6-7-11-19(17)24-25/h3-14H,1-2H3. The Morgan fingerprint density at radius 3 is 2.22 bits per heavy atom. The normalized spacial score (nSPS) is 11.3. The van der Waals surface area contributed by atoms with Crippen molar-refractivity contribution in [3.63, 3.8) is 0 Å². The van der Waals surface area contributed by atoms with Gasteiger partial charge in [-0.3, -0.25) is 0 Å². The van der Waals surface area contributed by atoms with E-state index < -0.39 is 0 Å². The zero-order valence-corrected chi connectivity index (χ0v) is 15.1. The molecule has 2 aromatic heterocycles. The van der Waals surface area contributed by atoms with Gasteiger partial charge in [-0.15, -0.1) is 0 Å². The molecule has 27 heavy (non-hydrogen) atoms. The Morgan fingerprint density at radius 2 is 1.44 bits per heavy atom. The second kappa shape index (κ2) is 6.02. The highest BCUT2D eigenvalue weighted by Gasteiger charge is 2.16. The van der Waals surface area contributed by atoms with Gasteiger partial charge < -0.3 is 9.47 Å². The molecule has 2 heterocycles. The van der Waals surface area contributed by atoms with Gasteiger partial charge in [-0.1, -0.05) is 48.5 Å². The molecule has 4 heteroatoms. The number of hydrogen-bond acceptors (Lipinski definition) is 3. The number of benzene rings is 3. The third-order valence-corrected chi connectivity index (χ3v) is 4.98. The van der Waals surface area contributed by atoms with Gasteiger partial charge in [0.25, 0.3) is 0 Å². The first-order valence-electron chi connectivity index (χ1n) is 8.82. The van der Waals surface area contributed by atoms with Crippen molar-refractivity contribution >= 4 is 27.2 Å². The molecule has 3 aromatic carbocycles. The van der Waals surface area contributed by atoms with Crippen molar-refractivity contribution in [3.8, 4) is 22.8 Å². The first-order chi connectivity index (χ1) is 13.3. The Morgan fingerprint density at radius 1 is 0.741 bits per heavy atom.